The monoisotopic (exact) mass is 332 g/mol. The molecule has 2 rings (SSSR count). The van der Waals surface area contributed by atoms with Crippen LogP contribution in [0.25, 0.3) is 0 Å². The van der Waals surface area contributed by atoms with Crippen LogP contribution in [-0.2, 0) is 9.84 Å². The summed E-state index contributed by atoms with van der Waals surface area (Å²) in [4.78, 5) is 4.58. The first kappa shape index (κ1) is 16.5. The Morgan fingerprint density at radius 3 is 2.62 bits per heavy atom. The summed E-state index contributed by atoms with van der Waals surface area (Å²) < 4.78 is 28.9. The van der Waals surface area contributed by atoms with Crippen LogP contribution in [0.15, 0.2) is 4.90 Å². The third-order valence-corrected chi connectivity index (χ3v) is 7.05. The molecule has 0 unspecified atom stereocenters. The van der Waals surface area contributed by atoms with Crippen LogP contribution in [0.4, 0.5) is 10.8 Å². The van der Waals surface area contributed by atoms with Gasteiger partial charge < -0.3 is 15.5 Å². The van der Waals surface area contributed by atoms with E-state index in [1.54, 1.807) is 0 Å². The van der Waals surface area contributed by atoms with E-state index in [4.69, 9.17) is 5.73 Å². The Balaban J connectivity index is 2.28. The van der Waals surface area contributed by atoms with E-state index in [9.17, 15) is 8.42 Å². The van der Waals surface area contributed by atoms with Crippen LogP contribution < -0.4 is 10.6 Å². The zero-order chi connectivity index (χ0) is 15.6. The van der Waals surface area contributed by atoms with Crippen molar-refractivity contribution in [2.24, 2.45) is 0 Å². The maximum atomic E-state index is 12.4. The number of hydrogen-bond donors (Lipinski definition) is 1. The van der Waals surface area contributed by atoms with Crippen LogP contribution in [0.2, 0.25) is 0 Å². The minimum Gasteiger partial charge on any atom is -0.382 e. The molecule has 8 heteroatoms. The van der Waals surface area contributed by atoms with E-state index in [1.165, 1.54) is 11.5 Å². The molecule has 0 aromatic carbocycles. The highest BCUT2D eigenvalue weighted by atomic mass is 32.2. The maximum absolute atomic E-state index is 12.4. The van der Waals surface area contributed by atoms with E-state index >= 15 is 0 Å². The van der Waals surface area contributed by atoms with Crippen molar-refractivity contribution in [3.8, 4) is 0 Å². The van der Waals surface area contributed by atoms with Gasteiger partial charge in [0.05, 0.1) is 5.75 Å². The highest BCUT2D eigenvalue weighted by Gasteiger charge is 2.30. The number of anilines is 2. The fourth-order valence-electron chi connectivity index (χ4n) is 2.72. The lowest BCUT2D eigenvalue weighted by Gasteiger charge is -2.35. The van der Waals surface area contributed by atoms with Gasteiger partial charge in [-0.1, -0.05) is 6.92 Å². The molecule has 0 spiro atoms. The van der Waals surface area contributed by atoms with Crippen LogP contribution in [0.3, 0.4) is 0 Å². The summed E-state index contributed by atoms with van der Waals surface area (Å²) in [5.41, 5.74) is 5.83. The summed E-state index contributed by atoms with van der Waals surface area (Å²) in [5, 5.41) is 0.690. The zero-order valence-electron chi connectivity index (χ0n) is 12.9. The zero-order valence-corrected chi connectivity index (χ0v) is 14.5. The number of aromatic nitrogens is 1. The summed E-state index contributed by atoms with van der Waals surface area (Å²) >= 11 is 1.19. The van der Waals surface area contributed by atoms with Gasteiger partial charge in [0.2, 0.25) is 0 Å². The van der Waals surface area contributed by atoms with Gasteiger partial charge in [0.25, 0.3) is 0 Å². The second kappa shape index (κ2) is 6.50. The molecular formula is C13H24N4O2S2. The lowest BCUT2D eigenvalue weighted by molar-refractivity contribution is 0.253. The summed E-state index contributed by atoms with van der Waals surface area (Å²) in [5.74, 6) is 0.257. The Kier molecular flexibility index (Phi) is 5.11. The quantitative estimate of drug-likeness (QED) is 0.879. The second-order valence-electron chi connectivity index (χ2n) is 5.67. The molecule has 0 amide bonds. The molecule has 0 bridgehead atoms. The van der Waals surface area contributed by atoms with Gasteiger partial charge in [0.15, 0.2) is 15.7 Å². The molecule has 0 radical (unpaired) electrons. The average molecular weight is 332 g/mol. The molecule has 1 aromatic heterocycles. The largest absolute Gasteiger partial charge is 0.382 e. The molecule has 2 N–H and O–H groups in total. The predicted molar refractivity (Wildman–Crippen MR) is 87.8 cm³/mol. The number of likely N-dealkylation sites (tertiary alicyclic amines) is 1. The average Bonchev–Trinajstić information content (AvgIpc) is 2.81. The van der Waals surface area contributed by atoms with E-state index in [0.717, 1.165) is 25.9 Å². The van der Waals surface area contributed by atoms with Crippen LogP contribution in [-0.4, -0.2) is 56.7 Å². The van der Waals surface area contributed by atoms with E-state index in [2.05, 4.69) is 21.2 Å². The first-order valence-electron chi connectivity index (χ1n) is 7.26. The molecule has 0 aliphatic carbocycles. The Morgan fingerprint density at radius 1 is 1.43 bits per heavy atom. The molecule has 0 saturated carbocycles. The Morgan fingerprint density at radius 2 is 2.05 bits per heavy atom. The Bertz CT molecular complexity index is 577. The fourth-order valence-corrected chi connectivity index (χ4v) is 5.53. The van der Waals surface area contributed by atoms with Gasteiger partial charge in [-0.3, -0.25) is 0 Å². The van der Waals surface area contributed by atoms with Crippen molar-refractivity contribution in [2.45, 2.75) is 37.1 Å². The second-order valence-corrected chi connectivity index (χ2v) is 8.46. The van der Waals surface area contributed by atoms with Gasteiger partial charge >= 0.3 is 0 Å². The Labute approximate surface area is 131 Å². The van der Waals surface area contributed by atoms with E-state index in [-0.39, 0.29) is 16.5 Å². The third kappa shape index (κ3) is 3.49. The topological polar surface area (TPSA) is 79.5 Å². The van der Waals surface area contributed by atoms with Gasteiger partial charge in [0, 0.05) is 13.1 Å². The number of nitrogens with zero attached hydrogens (tertiary/aromatic N) is 3. The van der Waals surface area contributed by atoms with Crippen LogP contribution >= 0.6 is 11.5 Å². The van der Waals surface area contributed by atoms with Crippen molar-refractivity contribution in [3.63, 3.8) is 0 Å². The van der Waals surface area contributed by atoms with Gasteiger partial charge in [0.1, 0.15) is 9.90 Å². The van der Waals surface area contributed by atoms with Crippen LogP contribution in [0.5, 0.6) is 0 Å². The molecule has 0 atom stereocenters. The van der Waals surface area contributed by atoms with E-state index in [1.807, 2.05) is 14.0 Å². The van der Waals surface area contributed by atoms with E-state index in [0.29, 0.717) is 17.5 Å². The third-order valence-electron chi connectivity index (χ3n) is 4.00. The fraction of sp³-hybridized carbons (Fsp3) is 0.769. The SMILES string of the molecule is CCCS(=O)(=O)c1c(N)nsc1N(C)C1CCN(C)CC1. The number of nitrogen functional groups attached to an aromatic ring is 1. The highest BCUT2D eigenvalue weighted by molar-refractivity contribution is 7.91. The van der Waals surface area contributed by atoms with Gasteiger partial charge in [-0.25, -0.2) is 8.42 Å². The number of rotatable bonds is 5. The molecule has 1 aliphatic heterocycles. The van der Waals surface area contributed by atoms with Gasteiger partial charge in [-0.15, -0.1) is 0 Å². The summed E-state index contributed by atoms with van der Waals surface area (Å²) in [7, 11) is 0.709. The highest BCUT2D eigenvalue weighted by Crippen LogP contribution is 2.37. The van der Waals surface area contributed by atoms with Gasteiger partial charge in [-0.2, -0.15) is 4.37 Å². The van der Waals surface area contributed by atoms with Crippen molar-refractivity contribution < 1.29 is 8.42 Å². The first-order valence-corrected chi connectivity index (χ1v) is 9.68. The standard InChI is InChI=1S/C13H24N4O2S2/c1-4-9-21(18,19)11-12(14)15-20-13(11)17(3)10-5-7-16(2)8-6-10/h10H,4-9H2,1-3H3,(H2,14,15). The molecule has 1 fully saturated rings. The molecule has 21 heavy (non-hydrogen) atoms. The lowest BCUT2D eigenvalue weighted by Crippen LogP contribution is -2.42. The molecule has 6 nitrogen and oxygen atoms in total. The Hall–Kier alpha value is -0.860. The van der Waals surface area contributed by atoms with Crippen molar-refractivity contribution in [3.05, 3.63) is 0 Å². The molecule has 1 aliphatic rings. The van der Waals surface area contributed by atoms with E-state index < -0.39 is 9.84 Å². The molecular weight excluding hydrogens is 308 g/mol. The van der Waals surface area contributed by atoms with Crippen LogP contribution in [0, 0.1) is 0 Å². The number of hydrogen-bond acceptors (Lipinski definition) is 7. The smallest absolute Gasteiger partial charge is 0.185 e. The van der Waals surface area contributed by atoms with Gasteiger partial charge in [-0.05, 0) is 50.9 Å². The summed E-state index contributed by atoms with van der Waals surface area (Å²) in [6, 6.07) is 0.344. The number of sulfone groups is 1. The van der Waals surface area contributed by atoms with Crippen molar-refractivity contribution in [1.29, 1.82) is 0 Å². The lowest BCUT2D eigenvalue weighted by atomic mass is 10.0. The summed E-state index contributed by atoms with van der Waals surface area (Å²) in [6.45, 7) is 3.91. The minimum atomic E-state index is -3.35. The normalized spacial score (nSPS) is 18.0. The first-order chi connectivity index (χ1) is 9.86. The van der Waals surface area contributed by atoms with Crippen LogP contribution in [0.1, 0.15) is 26.2 Å². The predicted octanol–water partition coefficient (Wildman–Crippen LogP) is 1.44. The molecule has 2 heterocycles. The van der Waals surface area contributed by atoms with Crippen molar-refractivity contribution >= 4 is 32.2 Å². The van der Waals surface area contributed by atoms with Crippen molar-refractivity contribution in [1.82, 2.24) is 9.27 Å². The summed E-state index contributed by atoms with van der Waals surface area (Å²) in [6.07, 6.45) is 2.63. The number of piperidine rings is 1. The number of nitrogens with two attached hydrogens (primary N) is 1. The molecule has 1 aromatic rings. The van der Waals surface area contributed by atoms with Crippen molar-refractivity contribution in [2.75, 3.05) is 43.6 Å². The minimum absolute atomic E-state index is 0.115. The molecule has 120 valence electrons. The maximum Gasteiger partial charge on any atom is 0.185 e. The molecule has 1 saturated heterocycles.